The number of benzene rings is 1. The van der Waals surface area contributed by atoms with Gasteiger partial charge in [-0.3, -0.25) is 4.21 Å². The molecule has 0 heterocycles. The van der Waals surface area contributed by atoms with Gasteiger partial charge in [-0.1, -0.05) is 30.3 Å². The third-order valence-corrected chi connectivity index (χ3v) is 2.65. The Balaban J connectivity index is 2.18. The molecule has 4 nitrogen and oxygen atoms in total. The molecule has 16 heavy (non-hydrogen) atoms. The van der Waals surface area contributed by atoms with Crippen molar-refractivity contribution in [2.45, 2.75) is 6.61 Å². The van der Waals surface area contributed by atoms with Gasteiger partial charge in [0.15, 0.2) is 0 Å². The van der Waals surface area contributed by atoms with Crippen LogP contribution in [0.25, 0.3) is 0 Å². The Labute approximate surface area is 97.5 Å². The number of carbonyl (C=O) groups excluding carboxylic acids is 1. The summed E-state index contributed by atoms with van der Waals surface area (Å²) in [5.41, 5.74) is 0.941. The van der Waals surface area contributed by atoms with Gasteiger partial charge in [-0.05, 0) is 5.56 Å². The summed E-state index contributed by atoms with van der Waals surface area (Å²) in [6.07, 6.45) is 1.12. The maximum atomic E-state index is 11.2. The van der Waals surface area contributed by atoms with E-state index in [0.29, 0.717) is 12.3 Å². The molecule has 88 valence electrons. The second-order valence-corrected chi connectivity index (χ2v) is 4.82. The SMILES string of the molecule is CS(=O)CCNC(=O)OCc1ccccc1. The third-order valence-electron chi connectivity index (χ3n) is 1.87. The topological polar surface area (TPSA) is 55.4 Å². The fourth-order valence-corrected chi connectivity index (χ4v) is 1.46. The highest BCUT2D eigenvalue weighted by Gasteiger charge is 2.01. The normalized spacial score (nSPS) is 11.8. The first-order valence-electron chi connectivity index (χ1n) is 4.93. The quantitative estimate of drug-likeness (QED) is 0.845. The molecule has 1 atom stereocenters. The predicted octanol–water partition coefficient (Wildman–Crippen LogP) is 1.29. The van der Waals surface area contributed by atoms with Crippen molar-refractivity contribution < 1.29 is 13.7 Å². The summed E-state index contributed by atoms with van der Waals surface area (Å²) >= 11 is 0. The van der Waals surface area contributed by atoms with Gasteiger partial charge in [0.25, 0.3) is 0 Å². The monoisotopic (exact) mass is 241 g/mol. The second kappa shape index (κ2) is 7.00. The van der Waals surface area contributed by atoms with Gasteiger partial charge in [-0.15, -0.1) is 0 Å². The van der Waals surface area contributed by atoms with Crippen molar-refractivity contribution in [1.82, 2.24) is 5.32 Å². The molecular formula is C11H15NO3S. The van der Waals surface area contributed by atoms with Crippen LogP contribution in [0.5, 0.6) is 0 Å². The van der Waals surface area contributed by atoms with E-state index in [1.54, 1.807) is 6.26 Å². The number of hydrogen-bond acceptors (Lipinski definition) is 3. The minimum atomic E-state index is -0.892. The highest BCUT2D eigenvalue weighted by atomic mass is 32.2. The van der Waals surface area contributed by atoms with Gasteiger partial charge in [0.2, 0.25) is 0 Å². The Kier molecular flexibility index (Phi) is 5.56. The summed E-state index contributed by atoms with van der Waals surface area (Å²) in [6.45, 7) is 0.624. The average molecular weight is 241 g/mol. The van der Waals surface area contributed by atoms with Crippen LogP contribution in [0, 0.1) is 0 Å². The molecule has 0 aliphatic rings. The zero-order valence-electron chi connectivity index (χ0n) is 9.14. The summed E-state index contributed by atoms with van der Waals surface area (Å²) in [5, 5.41) is 2.53. The molecule has 0 bridgehead atoms. The molecule has 1 N–H and O–H groups in total. The van der Waals surface area contributed by atoms with E-state index < -0.39 is 16.9 Å². The molecule has 0 saturated heterocycles. The Hall–Kier alpha value is -1.36. The fourth-order valence-electron chi connectivity index (χ4n) is 1.07. The van der Waals surface area contributed by atoms with Crippen LogP contribution in [0.4, 0.5) is 4.79 Å². The smallest absolute Gasteiger partial charge is 0.407 e. The number of rotatable bonds is 5. The highest BCUT2D eigenvalue weighted by molar-refractivity contribution is 7.84. The molecule has 1 aromatic rings. The first kappa shape index (κ1) is 12.7. The molecule has 1 aromatic carbocycles. The van der Waals surface area contributed by atoms with Gasteiger partial charge in [-0.25, -0.2) is 4.79 Å². The standard InChI is InChI=1S/C11H15NO3S/c1-16(14)8-7-12-11(13)15-9-10-5-3-2-4-6-10/h2-6H,7-9H2,1H3,(H,12,13). The molecule has 0 fully saturated rings. The van der Waals surface area contributed by atoms with Crippen molar-refractivity contribution in [1.29, 1.82) is 0 Å². The Morgan fingerprint density at radius 1 is 1.38 bits per heavy atom. The summed E-state index contributed by atoms with van der Waals surface area (Å²) in [7, 11) is -0.892. The van der Waals surface area contributed by atoms with Crippen LogP contribution in [0.2, 0.25) is 0 Å². The molecule has 0 radical (unpaired) electrons. The number of ether oxygens (including phenoxy) is 1. The minimum Gasteiger partial charge on any atom is -0.445 e. The first-order valence-corrected chi connectivity index (χ1v) is 6.66. The zero-order valence-corrected chi connectivity index (χ0v) is 9.96. The van der Waals surface area contributed by atoms with Crippen LogP contribution in [-0.2, 0) is 22.1 Å². The zero-order chi connectivity index (χ0) is 11.8. The van der Waals surface area contributed by atoms with Crippen molar-refractivity contribution in [2.24, 2.45) is 0 Å². The van der Waals surface area contributed by atoms with Crippen LogP contribution in [-0.4, -0.2) is 28.9 Å². The Morgan fingerprint density at radius 3 is 2.69 bits per heavy atom. The molecule has 1 amide bonds. The molecule has 1 rings (SSSR count). The predicted molar refractivity (Wildman–Crippen MR) is 63.6 cm³/mol. The molecule has 0 aliphatic carbocycles. The van der Waals surface area contributed by atoms with Crippen molar-refractivity contribution in [3.05, 3.63) is 35.9 Å². The van der Waals surface area contributed by atoms with Gasteiger partial charge in [0.05, 0.1) is 0 Å². The summed E-state index contributed by atoms with van der Waals surface area (Å²) in [4.78, 5) is 11.2. The molecule has 1 unspecified atom stereocenters. The number of carbonyl (C=O) groups is 1. The van der Waals surface area contributed by atoms with Gasteiger partial charge >= 0.3 is 6.09 Å². The van der Waals surface area contributed by atoms with Crippen molar-refractivity contribution in [3.63, 3.8) is 0 Å². The summed E-state index contributed by atoms with van der Waals surface area (Å²) < 4.78 is 15.7. The van der Waals surface area contributed by atoms with E-state index >= 15 is 0 Å². The Morgan fingerprint density at radius 2 is 2.06 bits per heavy atom. The lowest BCUT2D eigenvalue weighted by atomic mass is 10.2. The lowest BCUT2D eigenvalue weighted by Crippen LogP contribution is -2.28. The number of amides is 1. The van der Waals surface area contributed by atoms with Crippen LogP contribution >= 0.6 is 0 Å². The van der Waals surface area contributed by atoms with Crippen molar-refractivity contribution >= 4 is 16.9 Å². The van der Waals surface area contributed by atoms with Gasteiger partial charge in [0, 0.05) is 29.4 Å². The molecule has 0 saturated carbocycles. The van der Waals surface area contributed by atoms with Crippen molar-refractivity contribution in [3.8, 4) is 0 Å². The molecule has 5 heteroatoms. The third kappa shape index (κ3) is 5.50. The largest absolute Gasteiger partial charge is 0.445 e. The van der Waals surface area contributed by atoms with Gasteiger partial charge in [0.1, 0.15) is 6.61 Å². The van der Waals surface area contributed by atoms with Crippen LogP contribution in [0.1, 0.15) is 5.56 Å². The molecule has 0 aromatic heterocycles. The number of alkyl carbamates (subject to hydrolysis) is 1. The van der Waals surface area contributed by atoms with E-state index in [1.165, 1.54) is 0 Å². The molecular weight excluding hydrogens is 226 g/mol. The van der Waals surface area contributed by atoms with Crippen LogP contribution in [0.15, 0.2) is 30.3 Å². The highest BCUT2D eigenvalue weighted by Crippen LogP contribution is 2.00. The maximum Gasteiger partial charge on any atom is 0.407 e. The molecule has 0 aliphatic heterocycles. The van der Waals surface area contributed by atoms with E-state index in [9.17, 15) is 9.00 Å². The second-order valence-electron chi connectivity index (χ2n) is 3.27. The minimum absolute atomic E-state index is 0.252. The fraction of sp³-hybridized carbons (Fsp3) is 0.364. The van der Waals surface area contributed by atoms with Crippen LogP contribution < -0.4 is 5.32 Å². The summed E-state index contributed by atoms with van der Waals surface area (Å²) in [5.74, 6) is 0.445. The lowest BCUT2D eigenvalue weighted by molar-refractivity contribution is 0.140. The van der Waals surface area contributed by atoms with E-state index in [-0.39, 0.29) is 6.61 Å². The summed E-state index contributed by atoms with van der Waals surface area (Å²) in [6, 6.07) is 9.44. The van der Waals surface area contributed by atoms with Crippen molar-refractivity contribution in [2.75, 3.05) is 18.6 Å². The maximum absolute atomic E-state index is 11.2. The molecule has 0 spiro atoms. The number of hydrogen-bond donors (Lipinski definition) is 1. The van der Waals surface area contributed by atoms with Gasteiger partial charge in [-0.2, -0.15) is 0 Å². The number of nitrogens with one attached hydrogen (secondary N) is 1. The van der Waals surface area contributed by atoms with Crippen LogP contribution in [0.3, 0.4) is 0 Å². The average Bonchev–Trinajstić information content (AvgIpc) is 2.27. The first-order chi connectivity index (χ1) is 7.68. The van der Waals surface area contributed by atoms with E-state index in [2.05, 4.69) is 5.32 Å². The lowest BCUT2D eigenvalue weighted by Gasteiger charge is -2.06. The van der Waals surface area contributed by atoms with E-state index in [1.807, 2.05) is 30.3 Å². The van der Waals surface area contributed by atoms with E-state index in [0.717, 1.165) is 5.56 Å². The van der Waals surface area contributed by atoms with Gasteiger partial charge < -0.3 is 10.1 Å². The Bertz CT molecular complexity index is 354. The van der Waals surface area contributed by atoms with E-state index in [4.69, 9.17) is 4.74 Å².